The van der Waals surface area contributed by atoms with Crippen molar-refractivity contribution < 1.29 is 19.1 Å². The molecule has 4 heteroatoms. The molecule has 1 fully saturated rings. The number of esters is 2. The van der Waals surface area contributed by atoms with Gasteiger partial charge in [-0.05, 0) is 25.7 Å². The van der Waals surface area contributed by atoms with Crippen LogP contribution in [-0.2, 0) is 19.1 Å². The van der Waals surface area contributed by atoms with E-state index in [1.54, 1.807) is 0 Å². The topological polar surface area (TPSA) is 52.6 Å². The molecule has 0 bridgehead atoms. The van der Waals surface area contributed by atoms with Crippen LogP contribution in [0.3, 0.4) is 0 Å². The molecule has 0 aliphatic heterocycles. The third kappa shape index (κ3) is 18.8. The second-order valence-electron chi connectivity index (χ2n) is 11.5. The van der Waals surface area contributed by atoms with Crippen molar-refractivity contribution in [2.24, 2.45) is 11.8 Å². The Kier molecular flexibility index (Phi) is 23.2. The summed E-state index contributed by atoms with van der Waals surface area (Å²) in [5, 5.41) is 0. The summed E-state index contributed by atoms with van der Waals surface area (Å²) in [6.45, 7) is 5.51. The van der Waals surface area contributed by atoms with Gasteiger partial charge in [-0.25, -0.2) is 0 Å². The molecular weight excluding hydrogens is 460 g/mol. The van der Waals surface area contributed by atoms with Crippen LogP contribution in [0.4, 0.5) is 0 Å². The van der Waals surface area contributed by atoms with E-state index in [4.69, 9.17) is 9.47 Å². The van der Waals surface area contributed by atoms with Crippen molar-refractivity contribution in [2.45, 2.75) is 174 Å². The highest BCUT2D eigenvalue weighted by atomic mass is 16.5. The summed E-state index contributed by atoms with van der Waals surface area (Å²) < 4.78 is 11.2. The van der Waals surface area contributed by atoms with Crippen molar-refractivity contribution >= 4 is 11.9 Å². The number of carbonyl (C=O) groups excluding carboxylic acids is 2. The Morgan fingerprint density at radius 3 is 1.03 bits per heavy atom. The van der Waals surface area contributed by atoms with E-state index in [0.717, 1.165) is 51.4 Å². The molecule has 0 amide bonds. The molecule has 218 valence electrons. The molecule has 1 rings (SSSR count). The van der Waals surface area contributed by atoms with Gasteiger partial charge < -0.3 is 9.47 Å². The fourth-order valence-electron chi connectivity index (χ4n) is 5.61. The summed E-state index contributed by atoms with van der Waals surface area (Å²) in [4.78, 5) is 25.4. The lowest BCUT2D eigenvalue weighted by Crippen LogP contribution is -2.35. The highest BCUT2D eigenvalue weighted by molar-refractivity contribution is 5.82. The third-order valence-electron chi connectivity index (χ3n) is 8.11. The van der Waals surface area contributed by atoms with Gasteiger partial charge in [0.25, 0.3) is 0 Å². The Labute approximate surface area is 230 Å². The van der Waals surface area contributed by atoms with Crippen molar-refractivity contribution in [3.8, 4) is 0 Å². The van der Waals surface area contributed by atoms with Gasteiger partial charge in [0.2, 0.25) is 0 Å². The molecule has 37 heavy (non-hydrogen) atoms. The van der Waals surface area contributed by atoms with Crippen LogP contribution in [0.5, 0.6) is 0 Å². The van der Waals surface area contributed by atoms with E-state index in [1.165, 1.54) is 109 Å². The standard InChI is InChI=1S/C33H62O4/c1-3-5-7-9-11-13-15-17-19-21-25-29-37-33(35)31-27-23-22-26-30(31)32(34)36-28-24-20-18-16-14-12-10-8-6-4-2/h30-31H,3-29H2,1-2H3. The van der Waals surface area contributed by atoms with E-state index in [1.807, 2.05) is 0 Å². The Hall–Kier alpha value is -1.06. The predicted octanol–water partition coefficient (Wildman–Crippen LogP) is 10.1. The molecule has 1 aliphatic rings. The van der Waals surface area contributed by atoms with Gasteiger partial charge in [0, 0.05) is 0 Å². The third-order valence-corrected chi connectivity index (χ3v) is 8.11. The Morgan fingerprint density at radius 1 is 0.459 bits per heavy atom. The molecule has 4 nitrogen and oxygen atoms in total. The maximum atomic E-state index is 12.7. The molecule has 2 unspecified atom stereocenters. The summed E-state index contributed by atoms with van der Waals surface area (Å²) >= 11 is 0. The number of hydrogen-bond acceptors (Lipinski definition) is 4. The molecule has 0 radical (unpaired) electrons. The van der Waals surface area contributed by atoms with Crippen LogP contribution >= 0.6 is 0 Å². The normalized spacial score (nSPS) is 17.6. The molecule has 0 aromatic carbocycles. The fraction of sp³-hybridized carbons (Fsp3) is 0.939. The van der Waals surface area contributed by atoms with Crippen LogP contribution in [-0.4, -0.2) is 25.2 Å². The van der Waals surface area contributed by atoms with Gasteiger partial charge >= 0.3 is 11.9 Å². The van der Waals surface area contributed by atoms with Gasteiger partial charge in [-0.3, -0.25) is 9.59 Å². The largest absolute Gasteiger partial charge is 0.465 e. The lowest BCUT2D eigenvalue weighted by atomic mass is 9.79. The second kappa shape index (κ2) is 25.2. The first-order chi connectivity index (χ1) is 18.2. The molecule has 0 heterocycles. The Balaban J connectivity index is 2.06. The summed E-state index contributed by atoms with van der Waals surface area (Å²) in [7, 11) is 0. The van der Waals surface area contributed by atoms with Gasteiger partial charge in [-0.1, -0.05) is 149 Å². The van der Waals surface area contributed by atoms with E-state index in [0.29, 0.717) is 13.2 Å². The zero-order valence-electron chi connectivity index (χ0n) is 24.9. The number of hydrogen-bond donors (Lipinski definition) is 0. The van der Waals surface area contributed by atoms with Gasteiger partial charge in [0.05, 0.1) is 25.0 Å². The molecule has 0 spiro atoms. The van der Waals surface area contributed by atoms with Crippen molar-refractivity contribution in [1.82, 2.24) is 0 Å². The quantitative estimate of drug-likeness (QED) is 0.0884. The van der Waals surface area contributed by atoms with Crippen LogP contribution in [0.2, 0.25) is 0 Å². The number of rotatable bonds is 25. The Morgan fingerprint density at radius 2 is 0.730 bits per heavy atom. The molecule has 0 aromatic rings. The van der Waals surface area contributed by atoms with Crippen LogP contribution in [0.15, 0.2) is 0 Å². The van der Waals surface area contributed by atoms with E-state index >= 15 is 0 Å². The number of ether oxygens (including phenoxy) is 2. The molecule has 0 N–H and O–H groups in total. The van der Waals surface area contributed by atoms with Crippen LogP contribution in [0.25, 0.3) is 0 Å². The zero-order valence-corrected chi connectivity index (χ0v) is 24.9. The van der Waals surface area contributed by atoms with Crippen molar-refractivity contribution in [2.75, 3.05) is 13.2 Å². The maximum Gasteiger partial charge on any atom is 0.309 e. The van der Waals surface area contributed by atoms with E-state index in [2.05, 4.69) is 13.8 Å². The van der Waals surface area contributed by atoms with Crippen molar-refractivity contribution in [1.29, 1.82) is 0 Å². The maximum absolute atomic E-state index is 12.7. The lowest BCUT2D eigenvalue weighted by Gasteiger charge is -2.28. The second-order valence-corrected chi connectivity index (χ2v) is 11.5. The highest BCUT2D eigenvalue weighted by Gasteiger charge is 2.37. The van der Waals surface area contributed by atoms with Crippen molar-refractivity contribution in [3.63, 3.8) is 0 Å². The van der Waals surface area contributed by atoms with E-state index in [9.17, 15) is 9.59 Å². The zero-order chi connectivity index (χ0) is 26.8. The molecular formula is C33H62O4. The lowest BCUT2D eigenvalue weighted by molar-refractivity contribution is -0.163. The summed E-state index contributed by atoms with van der Waals surface area (Å²) in [6.07, 6.45) is 30.3. The average Bonchev–Trinajstić information content (AvgIpc) is 2.92. The molecule has 2 atom stereocenters. The Bertz CT molecular complexity index is 532. The van der Waals surface area contributed by atoms with Gasteiger partial charge in [-0.2, -0.15) is 0 Å². The van der Waals surface area contributed by atoms with E-state index < -0.39 is 0 Å². The number of carbonyl (C=O) groups is 2. The monoisotopic (exact) mass is 522 g/mol. The van der Waals surface area contributed by atoms with Gasteiger partial charge in [0.15, 0.2) is 0 Å². The SMILES string of the molecule is CCCCCCCCCCCCCOC(=O)C1CCCCC1C(=O)OCCCCCCCCCCCC. The van der Waals surface area contributed by atoms with Gasteiger partial charge in [-0.15, -0.1) is 0 Å². The summed E-state index contributed by atoms with van der Waals surface area (Å²) in [5.41, 5.74) is 0. The smallest absolute Gasteiger partial charge is 0.309 e. The fourth-order valence-corrected chi connectivity index (χ4v) is 5.61. The highest BCUT2D eigenvalue weighted by Crippen LogP contribution is 2.32. The van der Waals surface area contributed by atoms with Crippen LogP contribution in [0.1, 0.15) is 174 Å². The van der Waals surface area contributed by atoms with E-state index in [-0.39, 0.29) is 23.8 Å². The minimum absolute atomic E-state index is 0.173. The average molecular weight is 523 g/mol. The molecule has 0 saturated heterocycles. The van der Waals surface area contributed by atoms with Gasteiger partial charge in [0.1, 0.15) is 0 Å². The minimum Gasteiger partial charge on any atom is -0.465 e. The first kappa shape index (κ1) is 34.0. The molecule has 0 aromatic heterocycles. The van der Waals surface area contributed by atoms with Crippen LogP contribution < -0.4 is 0 Å². The first-order valence-electron chi connectivity index (χ1n) is 16.5. The summed E-state index contributed by atoms with van der Waals surface area (Å²) in [5.74, 6) is -0.955. The van der Waals surface area contributed by atoms with Crippen LogP contribution in [0, 0.1) is 11.8 Å². The first-order valence-corrected chi connectivity index (χ1v) is 16.5. The molecule has 1 aliphatic carbocycles. The van der Waals surface area contributed by atoms with Crippen molar-refractivity contribution in [3.05, 3.63) is 0 Å². The number of unbranched alkanes of at least 4 members (excludes halogenated alkanes) is 19. The molecule has 1 saturated carbocycles. The predicted molar refractivity (Wildman–Crippen MR) is 156 cm³/mol. The minimum atomic E-state index is -0.304. The summed E-state index contributed by atoms with van der Waals surface area (Å²) in [6, 6.07) is 0.